The van der Waals surface area contributed by atoms with E-state index < -0.39 is 0 Å². The number of aryl methyl sites for hydroxylation is 2. The molecular formula is C19H24N6. The Morgan fingerprint density at radius 1 is 1.16 bits per heavy atom. The first-order chi connectivity index (χ1) is 12.2. The Bertz CT molecular complexity index is 863. The smallest absolute Gasteiger partial charge is 0.203 e. The zero-order chi connectivity index (χ0) is 17.2. The zero-order valence-corrected chi connectivity index (χ0v) is 14.8. The fraction of sp³-hybridized carbons (Fsp3) is 0.421. The van der Waals surface area contributed by atoms with Gasteiger partial charge >= 0.3 is 0 Å². The minimum absolute atomic E-state index is 0.444. The van der Waals surface area contributed by atoms with Crippen LogP contribution in [0.15, 0.2) is 36.7 Å². The molecule has 1 aliphatic heterocycles. The molecule has 130 valence electrons. The Morgan fingerprint density at radius 3 is 2.72 bits per heavy atom. The molecule has 0 bridgehead atoms. The van der Waals surface area contributed by atoms with E-state index in [0.29, 0.717) is 6.04 Å². The number of hydrogen-bond donors (Lipinski definition) is 1. The number of nitrogens with one attached hydrogen (secondary N) is 1. The molecule has 6 heteroatoms. The van der Waals surface area contributed by atoms with E-state index in [0.717, 1.165) is 60.8 Å². The fourth-order valence-corrected chi connectivity index (χ4v) is 3.46. The van der Waals surface area contributed by atoms with Gasteiger partial charge in [-0.3, -0.25) is 0 Å². The molecule has 0 amide bonds. The lowest BCUT2D eigenvalue weighted by Gasteiger charge is -2.33. The first-order valence-corrected chi connectivity index (χ1v) is 8.98. The SMILES string of the molecule is CCc1cc(N2CCC(Nc3nc4ccccc4n3C)CC2)ncn1. The van der Waals surface area contributed by atoms with Gasteiger partial charge in [-0.15, -0.1) is 0 Å². The molecule has 1 aliphatic rings. The third-order valence-corrected chi connectivity index (χ3v) is 5.01. The van der Waals surface area contributed by atoms with Gasteiger partial charge in [-0.25, -0.2) is 15.0 Å². The number of fused-ring (bicyclic) bond motifs is 1. The molecule has 0 atom stereocenters. The van der Waals surface area contributed by atoms with Crippen molar-refractivity contribution in [3.63, 3.8) is 0 Å². The highest BCUT2D eigenvalue weighted by atomic mass is 15.2. The number of aromatic nitrogens is 4. The Hall–Kier alpha value is -2.63. The number of imidazole rings is 1. The van der Waals surface area contributed by atoms with Crippen LogP contribution in [0.2, 0.25) is 0 Å². The minimum Gasteiger partial charge on any atom is -0.356 e. The van der Waals surface area contributed by atoms with Gasteiger partial charge in [0, 0.05) is 37.9 Å². The summed E-state index contributed by atoms with van der Waals surface area (Å²) in [7, 11) is 2.07. The lowest BCUT2D eigenvalue weighted by atomic mass is 10.1. The third-order valence-electron chi connectivity index (χ3n) is 5.01. The first-order valence-electron chi connectivity index (χ1n) is 8.98. The summed E-state index contributed by atoms with van der Waals surface area (Å²) in [5.41, 5.74) is 3.30. The van der Waals surface area contributed by atoms with Crippen molar-refractivity contribution >= 4 is 22.8 Å². The fourth-order valence-electron chi connectivity index (χ4n) is 3.46. The van der Waals surface area contributed by atoms with E-state index in [2.05, 4.69) is 63.0 Å². The topological polar surface area (TPSA) is 58.9 Å². The summed E-state index contributed by atoms with van der Waals surface area (Å²) in [6.07, 6.45) is 4.78. The van der Waals surface area contributed by atoms with Gasteiger partial charge in [-0.2, -0.15) is 0 Å². The van der Waals surface area contributed by atoms with E-state index in [1.165, 1.54) is 0 Å². The predicted molar refractivity (Wildman–Crippen MR) is 101 cm³/mol. The molecule has 0 radical (unpaired) electrons. The molecule has 0 spiro atoms. The maximum Gasteiger partial charge on any atom is 0.203 e. The van der Waals surface area contributed by atoms with Crippen molar-refractivity contribution in [2.24, 2.45) is 7.05 Å². The third kappa shape index (κ3) is 3.16. The van der Waals surface area contributed by atoms with Crippen molar-refractivity contribution in [1.29, 1.82) is 0 Å². The average molecular weight is 336 g/mol. The maximum atomic E-state index is 4.72. The molecule has 0 aliphatic carbocycles. The first kappa shape index (κ1) is 15.9. The van der Waals surface area contributed by atoms with Crippen LogP contribution in [0.3, 0.4) is 0 Å². The van der Waals surface area contributed by atoms with Crippen LogP contribution in [0, 0.1) is 0 Å². The summed E-state index contributed by atoms with van der Waals surface area (Å²) in [5.74, 6) is 2.00. The number of anilines is 2. The zero-order valence-electron chi connectivity index (χ0n) is 14.8. The Morgan fingerprint density at radius 2 is 1.96 bits per heavy atom. The molecule has 3 aromatic rings. The number of piperidine rings is 1. The maximum absolute atomic E-state index is 4.72. The van der Waals surface area contributed by atoms with Gasteiger partial charge < -0.3 is 14.8 Å². The van der Waals surface area contributed by atoms with Gasteiger partial charge in [0.2, 0.25) is 5.95 Å². The Balaban J connectivity index is 1.42. The van der Waals surface area contributed by atoms with E-state index in [-0.39, 0.29) is 0 Å². The largest absolute Gasteiger partial charge is 0.356 e. The summed E-state index contributed by atoms with van der Waals surface area (Å²) >= 11 is 0. The van der Waals surface area contributed by atoms with Crippen LogP contribution in [0.5, 0.6) is 0 Å². The highest BCUT2D eigenvalue weighted by molar-refractivity contribution is 5.78. The molecule has 2 aromatic heterocycles. The summed E-state index contributed by atoms with van der Waals surface area (Å²) in [6, 6.07) is 10.8. The number of para-hydroxylation sites is 2. The molecule has 1 saturated heterocycles. The Labute approximate surface area is 147 Å². The molecule has 0 saturated carbocycles. The second-order valence-electron chi connectivity index (χ2n) is 6.61. The van der Waals surface area contributed by atoms with Crippen molar-refractivity contribution in [1.82, 2.24) is 19.5 Å². The second kappa shape index (κ2) is 6.70. The monoisotopic (exact) mass is 336 g/mol. The van der Waals surface area contributed by atoms with Crippen LogP contribution >= 0.6 is 0 Å². The summed E-state index contributed by atoms with van der Waals surface area (Å²) < 4.78 is 2.14. The van der Waals surface area contributed by atoms with E-state index in [1.807, 2.05) is 6.07 Å². The quantitative estimate of drug-likeness (QED) is 0.794. The summed E-state index contributed by atoms with van der Waals surface area (Å²) in [6.45, 7) is 4.13. The highest BCUT2D eigenvalue weighted by Crippen LogP contribution is 2.23. The van der Waals surface area contributed by atoms with E-state index >= 15 is 0 Å². The van der Waals surface area contributed by atoms with Gasteiger partial charge in [0.1, 0.15) is 12.1 Å². The molecule has 4 rings (SSSR count). The minimum atomic E-state index is 0.444. The molecule has 1 fully saturated rings. The van der Waals surface area contributed by atoms with Crippen molar-refractivity contribution in [2.45, 2.75) is 32.2 Å². The van der Waals surface area contributed by atoms with Crippen LogP contribution in [-0.4, -0.2) is 38.7 Å². The summed E-state index contributed by atoms with van der Waals surface area (Å²) in [5, 5.41) is 3.63. The van der Waals surface area contributed by atoms with E-state index in [9.17, 15) is 0 Å². The van der Waals surface area contributed by atoms with Gasteiger partial charge in [-0.05, 0) is 31.4 Å². The lowest BCUT2D eigenvalue weighted by Crippen LogP contribution is -2.40. The number of nitrogens with zero attached hydrogens (tertiary/aromatic N) is 5. The van der Waals surface area contributed by atoms with Crippen LogP contribution in [0.25, 0.3) is 11.0 Å². The van der Waals surface area contributed by atoms with Crippen molar-refractivity contribution in [2.75, 3.05) is 23.3 Å². The van der Waals surface area contributed by atoms with Crippen LogP contribution in [0.1, 0.15) is 25.5 Å². The Kier molecular flexibility index (Phi) is 4.26. The molecule has 1 N–H and O–H groups in total. The van der Waals surface area contributed by atoms with E-state index in [4.69, 9.17) is 4.98 Å². The number of benzene rings is 1. The van der Waals surface area contributed by atoms with Crippen LogP contribution < -0.4 is 10.2 Å². The average Bonchev–Trinajstić information content (AvgIpc) is 2.98. The van der Waals surface area contributed by atoms with E-state index in [1.54, 1.807) is 6.33 Å². The van der Waals surface area contributed by atoms with Gasteiger partial charge in [-0.1, -0.05) is 19.1 Å². The molecular weight excluding hydrogens is 312 g/mol. The van der Waals surface area contributed by atoms with Gasteiger partial charge in [0.15, 0.2) is 0 Å². The van der Waals surface area contributed by atoms with Crippen molar-refractivity contribution in [3.8, 4) is 0 Å². The second-order valence-corrected chi connectivity index (χ2v) is 6.61. The van der Waals surface area contributed by atoms with Crippen molar-refractivity contribution in [3.05, 3.63) is 42.4 Å². The molecule has 1 aromatic carbocycles. The normalized spacial score (nSPS) is 15.7. The van der Waals surface area contributed by atoms with Crippen LogP contribution in [0.4, 0.5) is 11.8 Å². The number of hydrogen-bond acceptors (Lipinski definition) is 5. The highest BCUT2D eigenvalue weighted by Gasteiger charge is 2.21. The lowest BCUT2D eigenvalue weighted by molar-refractivity contribution is 0.519. The summed E-state index contributed by atoms with van der Waals surface area (Å²) in [4.78, 5) is 15.8. The van der Waals surface area contributed by atoms with Crippen LogP contribution in [-0.2, 0) is 13.5 Å². The predicted octanol–water partition coefficient (Wildman–Crippen LogP) is 3.01. The van der Waals surface area contributed by atoms with Crippen molar-refractivity contribution < 1.29 is 0 Å². The van der Waals surface area contributed by atoms with Gasteiger partial charge in [0.25, 0.3) is 0 Å². The standard InChI is InChI=1S/C19H24N6/c1-3-14-12-18(21-13-20-14)25-10-8-15(9-11-25)22-19-23-16-6-4-5-7-17(16)24(19)2/h4-7,12-13,15H,3,8-11H2,1-2H3,(H,22,23). The molecule has 0 unspecified atom stereocenters. The molecule has 6 nitrogen and oxygen atoms in total. The molecule has 3 heterocycles. The number of rotatable bonds is 4. The van der Waals surface area contributed by atoms with Gasteiger partial charge in [0.05, 0.1) is 11.0 Å². The molecule has 25 heavy (non-hydrogen) atoms.